The number of fused-ring (bicyclic) bond motifs is 5. The third kappa shape index (κ3) is 4.30. The number of ketones is 3. The molecule has 0 spiro atoms. The highest BCUT2D eigenvalue weighted by Gasteiger charge is 2.68. The van der Waals surface area contributed by atoms with E-state index >= 15 is 0 Å². The lowest BCUT2D eigenvalue weighted by molar-refractivity contribution is -0.180. The van der Waals surface area contributed by atoms with E-state index in [4.69, 9.17) is 0 Å². The molecule has 4 aliphatic carbocycles. The van der Waals surface area contributed by atoms with E-state index in [-0.39, 0.29) is 53.7 Å². The van der Waals surface area contributed by atoms with Gasteiger partial charge in [0.1, 0.15) is 23.8 Å². The van der Waals surface area contributed by atoms with Gasteiger partial charge in [-0.05, 0) is 75.0 Å². The predicted molar refractivity (Wildman–Crippen MR) is 120 cm³/mol. The van der Waals surface area contributed by atoms with Crippen molar-refractivity contribution < 1.29 is 34.5 Å². The molecule has 1 amide bonds. The molecule has 4 fully saturated rings. The van der Waals surface area contributed by atoms with E-state index in [1.807, 2.05) is 6.92 Å². The number of primary amides is 1. The lowest BCUT2D eigenvalue weighted by Crippen LogP contribution is -2.62. The lowest BCUT2D eigenvalue weighted by Gasteiger charge is -2.60. The highest BCUT2D eigenvalue weighted by molar-refractivity contribution is 5.95. The fourth-order valence-corrected chi connectivity index (χ4v) is 7.89. The lowest BCUT2D eigenvalue weighted by atomic mass is 9.44. The number of nitrogens with two attached hydrogens (primary N) is 1. The number of rotatable bonds is 4. The van der Waals surface area contributed by atoms with Crippen molar-refractivity contribution in [3.05, 3.63) is 0 Å². The Morgan fingerprint density at radius 1 is 1.09 bits per heavy atom. The number of amides is 1. The number of hydrogen-bond acceptors (Lipinski definition) is 7. The zero-order valence-electron chi connectivity index (χ0n) is 20.0. The maximum atomic E-state index is 13.4. The van der Waals surface area contributed by atoms with Crippen LogP contribution >= 0.6 is 0 Å². The summed E-state index contributed by atoms with van der Waals surface area (Å²) in [5.41, 5.74) is 2.23. The summed E-state index contributed by atoms with van der Waals surface area (Å²) in [6.45, 7) is 4.79. The number of aliphatic hydroxyl groups is 3. The van der Waals surface area contributed by atoms with E-state index < -0.39 is 29.3 Å². The van der Waals surface area contributed by atoms with Crippen LogP contribution in [0.2, 0.25) is 0 Å². The summed E-state index contributed by atoms with van der Waals surface area (Å²) in [7, 11) is 0. The Kier molecular flexibility index (Phi) is 7.23. The first kappa shape index (κ1) is 26.0. The molecule has 33 heavy (non-hydrogen) atoms. The van der Waals surface area contributed by atoms with Crippen LogP contribution in [0, 0.1) is 34.5 Å². The Hall–Kier alpha value is -1.64. The molecule has 4 rings (SSSR count). The summed E-state index contributed by atoms with van der Waals surface area (Å²) in [6, 6.07) is 0. The summed E-state index contributed by atoms with van der Waals surface area (Å²) in [6.07, 6.45) is 5.33. The van der Waals surface area contributed by atoms with Gasteiger partial charge in [0.25, 0.3) is 0 Å². The summed E-state index contributed by atoms with van der Waals surface area (Å²) in [5, 5.41) is 30.6. The first-order valence-corrected chi connectivity index (χ1v) is 12.1. The molecule has 4 aliphatic rings. The van der Waals surface area contributed by atoms with Crippen molar-refractivity contribution in [1.29, 1.82) is 0 Å². The van der Waals surface area contributed by atoms with Crippen molar-refractivity contribution in [2.24, 2.45) is 40.2 Å². The Bertz CT molecular complexity index is 816. The molecule has 8 atom stereocenters. The van der Waals surface area contributed by atoms with Gasteiger partial charge >= 0.3 is 0 Å². The van der Waals surface area contributed by atoms with E-state index in [2.05, 4.69) is 12.7 Å². The molecule has 0 heterocycles. The molecular weight excluding hydrogens is 426 g/mol. The molecule has 4 saturated carbocycles. The second-order valence-corrected chi connectivity index (χ2v) is 11.3. The summed E-state index contributed by atoms with van der Waals surface area (Å²) in [4.78, 5) is 45.5. The van der Waals surface area contributed by atoms with Gasteiger partial charge in [-0.25, -0.2) is 0 Å². The van der Waals surface area contributed by atoms with Crippen molar-refractivity contribution in [2.45, 2.75) is 90.3 Å². The molecule has 0 aromatic carbocycles. The average Bonchev–Trinajstić information content (AvgIpc) is 2.98. The topological polar surface area (TPSA) is 155 Å². The van der Waals surface area contributed by atoms with Crippen LogP contribution in [0.15, 0.2) is 0 Å². The van der Waals surface area contributed by atoms with Crippen molar-refractivity contribution in [1.82, 2.24) is 0 Å². The molecular formula is C25H39NO7. The second kappa shape index (κ2) is 9.19. The Labute approximate surface area is 195 Å². The number of carbonyl (C=O) groups excluding carboxylic acids is 4. The standard InChI is InChI=1S/C21H32O5.C4H7NO2/c1-19-7-5-13(23)9-12(19)3-4-14-15-6-8-21(26,17(25)11-22)20(15,2)10-16(24)18(14)19;1-3(6)2-4(5)7/h12-15,18,22-23,26H,3-11H2,1-2H3;2H2,1H3,(H2,5,7)/t12-,13-,14+,15+,18-,19+,20+,21+;/m1./s1. The summed E-state index contributed by atoms with van der Waals surface area (Å²) < 4.78 is 0. The quantitative estimate of drug-likeness (QED) is 0.456. The number of carbonyl (C=O) groups is 4. The molecule has 0 saturated heterocycles. The van der Waals surface area contributed by atoms with E-state index in [1.54, 1.807) is 0 Å². The maximum Gasteiger partial charge on any atom is 0.224 e. The molecule has 0 bridgehead atoms. The number of aliphatic hydroxyl groups excluding tert-OH is 2. The highest BCUT2D eigenvalue weighted by atomic mass is 16.3. The van der Waals surface area contributed by atoms with E-state index in [9.17, 15) is 34.5 Å². The zero-order valence-corrected chi connectivity index (χ0v) is 20.0. The van der Waals surface area contributed by atoms with Crippen molar-refractivity contribution >= 4 is 23.3 Å². The number of Topliss-reactive ketones (excluding diaryl/α,β-unsaturated/α-hetero) is 3. The fourth-order valence-electron chi connectivity index (χ4n) is 7.89. The van der Waals surface area contributed by atoms with Crippen LogP contribution in [-0.2, 0) is 19.2 Å². The van der Waals surface area contributed by atoms with Crippen molar-refractivity contribution in [3.63, 3.8) is 0 Å². The predicted octanol–water partition coefficient (Wildman–Crippen LogP) is 1.31. The molecule has 0 aliphatic heterocycles. The van der Waals surface area contributed by atoms with E-state index in [0.29, 0.717) is 12.3 Å². The van der Waals surface area contributed by atoms with Crippen LogP contribution in [0.5, 0.6) is 0 Å². The first-order chi connectivity index (χ1) is 15.3. The Morgan fingerprint density at radius 3 is 2.30 bits per heavy atom. The average molecular weight is 466 g/mol. The van der Waals surface area contributed by atoms with Gasteiger partial charge in [-0.2, -0.15) is 0 Å². The molecule has 0 radical (unpaired) electrons. The van der Waals surface area contributed by atoms with Gasteiger partial charge in [-0.3, -0.25) is 19.2 Å². The van der Waals surface area contributed by atoms with Crippen LogP contribution in [0.4, 0.5) is 0 Å². The SMILES string of the molecule is CC(=O)CC(N)=O.C[C@]12CC[C@@H](O)C[C@H]1CC[C@@H]1[C@@H]2C(=O)C[C@@]2(C)[C@H]1CC[C@]2(O)C(=O)CO. The molecule has 0 aromatic rings. The normalized spacial score (nSPS) is 43.9. The Balaban J connectivity index is 0.000000383. The third-order valence-corrected chi connectivity index (χ3v) is 9.51. The minimum absolute atomic E-state index is 0.0154. The second-order valence-electron chi connectivity index (χ2n) is 11.3. The van der Waals surface area contributed by atoms with Gasteiger partial charge in [0.15, 0.2) is 5.78 Å². The Morgan fingerprint density at radius 2 is 1.76 bits per heavy atom. The van der Waals surface area contributed by atoms with Crippen LogP contribution in [0.25, 0.3) is 0 Å². The fraction of sp³-hybridized carbons (Fsp3) is 0.840. The summed E-state index contributed by atoms with van der Waals surface area (Å²) >= 11 is 0. The van der Waals surface area contributed by atoms with Crippen LogP contribution in [-0.4, -0.2) is 56.9 Å². The van der Waals surface area contributed by atoms with Gasteiger partial charge in [0.05, 0.1) is 12.5 Å². The van der Waals surface area contributed by atoms with Gasteiger partial charge in [-0.15, -0.1) is 0 Å². The van der Waals surface area contributed by atoms with E-state index in [1.165, 1.54) is 6.92 Å². The molecule has 8 heteroatoms. The molecule has 8 nitrogen and oxygen atoms in total. The zero-order chi connectivity index (χ0) is 24.8. The smallest absolute Gasteiger partial charge is 0.224 e. The molecule has 0 aromatic heterocycles. The maximum absolute atomic E-state index is 13.4. The van der Waals surface area contributed by atoms with Crippen LogP contribution in [0.1, 0.15) is 78.6 Å². The number of hydrogen-bond donors (Lipinski definition) is 4. The molecule has 5 N–H and O–H groups in total. The largest absolute Gasteiger partial charge is 0.393 e. The molecule has 186 valence electrons. The van der Waals surface area contributed by atoms with Gasteiger partial charge in [0.2, 0.25) is 5.91 Å². The van der Waals surface area contributed by atoms with E-state index in [0.717, 1.165) is 38.5 Å². The van der Waals surface area contributed by atoms with Crippen LogP contribution in [0.3, 0.4) is 0 Å². The monoisotopic (exact) mass is 465 g/mol. The third-order valence-electron chi connectivity index (χ3n) is 9.51. The first-order valence-electron chi connectivity index (χ1n) is 12.1. The minimum atomic E-state index is -1.58. The van der Waals surface area contributed by atoms with Gasteiger partial charge in [0, 0.05) is 17.8 Å². The van der Waals surface area contributed by atoms with Crippen molar-refractivity contribution in [3.8, 4) is 0 Å². The highest BCUT2D eigenvalue weighted by Crippen LogP contribution is 2.67. The van der Waals surface area contributed by atoms with Crippen LogP contribution < -0.4 is 5.73 Å². The van der Waals surface area contributed by atoms with Gasteiger partial charge < -0.3 is 21.1 Å². The molecule has 0 unspecified atom stereocenters. The van der Waals surface area contributed by atoms with Crippen molar-refractivity contribution in [2.75, 3.05) is 6.61 Å². The van der Waals surface area contributed by atoms with Gasteiger partial charge in [-0.1, -0.05) is 13.8 Å². The summed E-state index contributed by atoms with van der Waals surface area (Å²) in [5.74, 6) is -0.370. The minimum Gasteiger partial charge on any atom is -0.393 e.